The summed E-state index contributed by atoms with van der Waals surface area (Å²) in [5.41, 5.74) is 0.710. The van der Waals surface area contributed by atoms with Crippen molar-refractivity contribution in [2.24, 2.45) is 0 Å². The summed E-state index contributed by atoms with van der Waals surface area (Å²) in [5.74, 6) is 0.202. The summed E-state index contributed by atoms with van der Waals surface area (Å²) in [7, 11) is 0. The lowest BCUT2D eigenvalue weighted by Gasteiger charge is -2.05. The average molecular weight is 215 g/mol. The molecule has 4 heteroatoms. The number of phenolic OH excluding ortho intramolecular Hbond substituents is 1. The molecule has 1 aromatic rings. The van der Waals surface area contributed by atoms with Crippen LogP contribution in [0.15, 0.2) is 18.2 Å². The van der Waals surface area contributed by atoms with Crippen molar-refractivity contribution in [3.63, 3.8) is 0 Å². The lowest BCUT2D eigenvalue weighted by atomic mass is 10.3. The highest BCUT2D eigenvalue weighted by Crippen LogP contribution is 2.19. The van der Waals surface area contributed by atoms with Gasteiger partial charge in [0.1, 0.15) is 0 Å². The molecule has 0 aliphatic heterocycles. The first-order valence-corrected chi connectivity index (χ1v) is 5.84. The summed E-state index contributed by atoms with van der Waals surface area (Å²) >= 11 is 1.79. The largest absolute Gasteiger partial charge is 0.505 e. The molecule has 78 valence electrons. The predicted octanol–water partition coefficient (Wildman–Crippen LogP) is 2.70. The van der Waals surface area contributed by atoms with Gasteiger partial charge in [-0.1, -0.05) is 0 Å². The van der Waals surface area contributed by atoms with Gasteiger partial charge in [-0.05, 0) is 30.6 Å². The van der Waals surface area contributed by atoms with E-state index in [1.807, 2.05) is 0 Å². The SMILES string of the molecule is CSCCCNc1ccc(O)c(F)c1. The molecular formula is C10H14FNOS. The second-order valence-electron chi connectivity index (χ2n) is 2.94. The van der Waals surface area contributed by atoms with E-state index < -0.39 is 5.82 Å². The molecule has 0 aliphatic rings. The van der Waals surface area contributed by atoms with Crippen LogP contribution < -0.4 is 5.32 Å². The quantitative estimate of drug-likeness (QED) is 0.585. The van der Waals surface area contributed by atoms with E-state index in [0.29, 0.717) is 5.69 Å². The number of hydrogen-bond donors (Lipinski definition) is 2. The summed E-state index contributed by atoms with van der Waals surface area (Å²) < 4.78 is 12.9. The van der Waals surface area contributed by atoms with Crippen LogP contribution in [0.4, 0.5) is 10.1 Å². The maximum atomic E-state index is 12.9. The molecule has 2 nitrogen and oxygen atoms in total. The van der Waals surface area contributed by atoms with Crippen molar-refractivity contribution in [3.8, 4) is 5.75 Å². The second kappa shape index (κ2) is 5.75. The Morgan fingerprint density at radius 3 is 2.93 bits per heavy atom. The van der Waals surface area contributed by atoms with E-state index in [9.17, 15) is 4.39 Å². The molecule has 0 fully saturated rings. The van der Waals surface area contributed by atoms with Crippen LogP contribution in [0.2, 0.25) is 0 Å². The number of rotatable bonds is 5. The number of halogens is 1. The number of anilines is 1. The number of benzene rings is 1. The van der Waals surface area contributed by atoms with E-state index in [2.05, 4.69) is 11.6 Å². The first-order chi connectivity index (χ1) is 6.74. The minimum atomic E-state index is -0.583. The van der Waals surface area contributed by atoms with Crippen molar-refractivity contribution in [1.29, 1.82) is 0 Å². The van der Waals surface area contributed by atoms with Crippen LogP contribution in [0, 0.1) is 5.82 Å². The molecule has 0 aliphatic carbocycles. The van der Waals surface area contributed by atoms with Crippen molar-refractivity contribution in [3.05, 3.63) is 24.0 Å². The maximum Gasteiger partial charge on any atom is 0.166 e. The molecule has 0 amide bonds. The van der Waals surface area contributed by atoms with Crippen molar-refractivity contribution >= 4 is 17.4 Å². The number of nitrogens with one attached hydrogen (secondary N) is 1. The second-order valence-corrected chi connectivity index (χ2v) is 3.92. The Kier molecular flexibility index (Phi) is 4.59. The Labute approximate surface area is 87.5 Å². The normalized spacial score (nSPS) is 10.1. The molecule has 14 heavy (non-hydrogen) atoms. The van der Waals surface area contributed by atoms with E-state index in [1.54, 1.807) is 17.8 Å². The van der Waals surface area contributed by atoms with E-state index in [1.165, 1.54) is 12.1 Å². The zero-order valence-corrected chi connectivity index (χ0v) is 8.90. The van der Waals surface area contributed by atoms with Crippen LogP contribution >= 0.6 is 11.8 Å². The Hall–Kier alpha value is -0.900. The lowest BCUT2D eigenvalue weighted by molar-refractivity contribution is 0.432. The zero-order valence-electron chi connectivity index (χ0n) is 8.09. The van der Waals surface area contributed by atoms with Crippen LogP contribution in [0.5, 0.6) is 5.75 Å². The Balaban J connectivity index is 2.39. The van der Waals surface area contributed by atoms with Gasteiger partial charge in [0.25, 0.3) is 0 Å². The van der Waals surface area contributed by atoms with Gasteiger partial charge in [0, 0.05) is 18.3 Å². The van der Waals surface area contributed by atoms with Crippen LogP contribution in [0.25, 0.3) is 0 Å². The van der Waals surface area contributed by atoms with E-state index >= 15 is 0 Å². The molecule has 2 N–H and O–H groups in total. The van der Waals surface area contributed by atoms with Gasteiger partial charge in [-0.2, -0.15) is 11.8 Å². The summed E-state index contributed by atoms with van der Waals surface area (Å²) in [5, 5.41) is 12.0. The van der Waals surface area contributed by atoms with Crippen molar-refractivity contribution in [2.75, 3.05) is 23.9 Å². The highest BCUT2D eigenvalue weighted by molar-refractivity contribution is 7.98. The van der Waals surface area contributed by atoms with Crippen molar-refractivity contribution in [1.82, 2.24) is 0 Å². The highest BCUT2D eigenvalue weighted by atomic mass is 32.2. The minimum absolute atomic E-state index is 0.306. The topological polar surface area (TPSA) is 32.3 Å². The van der Waals surface area contributed by atoms with Crippen molar-refractivity contribution in [2.45, 2.75) is 6.42 Å². The van der Waals surface area contributed by atoms with E-state index in [0.717, 1.165) is 18.7 Å². The van der Waals surface area contributed by atoms with Crippen LogP contribution in [0.1, 0.15) is 6.42 Å². The molecule has 0 saturated heterocycles. The Morgan fingerprint density at radius 1 is 1.50 bits per heavy atom. The van der Waals surface area contributed by atoms with Crippen molar-refractivity contribution < 1.29 is 9.50 Å². The first-order valence-electron chi connectivity index (χ1n) is 4.45. The molecule has 0 radical (unpaired) electrons. The summed E-state index contributed by atoms with van der Waals surface area (Å²) in [6, 6.07) is 4.32. The third kappa shape index (κ3) is 3.46. The molecule has 1 rings (SSSR count). The maximum absolute atomic E-state index is 12.9. The van der Waals surface area contributed by atoms with Crippen LogP contribution in [0.3, 0.4) is 0 Å². The number of hydrogen-bond acceptors (Lipinski definition) is 3. The van der Waals surface area contributed by atoms with Gasteiger partial charge in [-0.3, -0.25) is 0 Å². The van der Waals surface area contributed by atoms with Gasteiger partial charge >= 0.3 is 0 Å². The predicted molar refractivity (Wildman–Crippen MR) is 59.6 cm³/mol. The summed E-state index contributed by atoms with van der Waals surface area (Å²) in [4.78, 5) is 0. The standard InChI is InChI=1S/C10H14FNOS/c1-14-6-2-5-12-8-3-4-10(13)9(11)7-8/h3-4,7,12-13H,2,5-6H2,1H3. The van der Waals surface area contributed by atoms with Gasteiger partial charge in [-0.25, -0.2) is 4.39 Å². The summed E-state index contributed by atoms with van der Waals surface area (Å²) in [6.07, 6.45) is 3.10. The lowest BCUT2D eigenvalue weighted by Crippen LogP contribution is -2.02. The molecule has 0 atom stereocenters. The van der Waals surface area contributed by atoms with Gasteiger partial charge in [0.15, 0.2) is 11.6 Å². The van der Waals surface area contributed by atoms with Gasteiger partial charge < -0.3 is 10.4 Å². The first kappa shape index (κ1) is 11.2. The Morgan fingerprint density at radius 2 is 2.29 bits per heavy atom. The fourth-order valence-corrected chi connectivity index (χ4v) is 1.50. The van der Waals surface area contributed by atoms with E-state index in [4.69, 9.17) is 5.11 Å². The molecule has 0 spiro atoms. The minimum Gasteiger partial charge on any atom is -0.505 e. The monoisotopic (exact) mass is 215 g/mol. The molecule has 0 unspecified atom stereocenters. The van der Waals surface area contributed by atoms with Gasteiger partial charge in [0.2, 0.25) is 0 Å². The summed E-state index contributed by atoms with van der Waals surface area (Å²) in [6.45, 7) is 0.824. The smallest absolute Gasteiger partial charge is 0.166 e. The van der Waals surface area contributed by atoms with Crippen LogP contribution in [-0.2, 0) is 0 Å². The molecular weight excluding hydrogens is 201 g/mol. The third-order valence-electron chi connectivity index (χ3n) is 1.80. The fourth-order valence-electron chi connectivity index (χ4n) is 1.07. The highest BCUT2D eigenvalue weighted by Gasteiger charge is 2.00. The molecule has 1 aromatic carbocycles. The number of aromatic hydroxyl groups is 1. The molecule has 0 saturated carbocycles. The van der Waals surface area contributed by atoms with Gasteiger partial charge in [-0.15, -0.1) is 0 Å². The van der Waals surface area contributed by atoms with Crippen LogP contribution in [-0.4, -0.2) is 23.7 Å². The van der Waals surface area contributed by atoms with Gasteiger partial charge in [0.05, 0.1) is 0 Å². The molecule has 0 aromatic heterocycles. The average Bonchev–Trinajstić information content (AvgIpc) is 2.18. The molecule has 0 bridgehead atoms. The fraction of sp³-hybridized carbons (Fsp3) is 0.400. The molecule has 0 heterocycles. The zero-order chi connectivity index (χ0) is 10.4. The third-order valence-corrected chi connectivity index (χ3v) is 2.50. The number of phenols is 1. The van der Waals surface area contributed by atoms with E-state index in [-0.39, 0.29) is 5.75 Å². The number of thioether (sulfide) groups is 1. The Bertz CT molecular complexity index is 293.